The highest BCUT2D eigenvalue weighted by Gasteiger charge is 2.35. The van der Waals surface area contributed by atoms with E-state index in [2.05, 4.69) is 13.8 Å². The Balaban J connectivity index is 2.16. The fourth-order valence-corrected chi connectivity index (χ4v) is 2.05. The van der Waals surface area contributed by atoms with Gasteiger partial charge in [-0.2, -0.15) is 0 Å². The molecule has 68 valence electrons. The zero-order valence-corrected chi connectivity index (χ0v) is 7.80. The molecule has 0 N–H and O–H groups in total. The van der Waals surface area contributed by atoms with Gasteiger partial charge in [0.15, 0.2) is 6.29 Å². The summed E-state index contributed by atoms with van der Waals surface area (Å²) in [5, 5.41) is 0. The molecule has 2 heterocycles. The van der Waals surface area contributed by atoms with Gasteiger partial charge in [-0.05, 0) is 32.3 Å². The van der Waals surface area contributed by atoms with Gasteiger partial charge in [-0.1, -0.05) is 5.57 Å². The Hall–Kier alpha value is -0.340. The molecule has 2 aliphatic rings. The van der Waals surface area contributed by atoms with Crippen LogP contribution in [-0.4, -0.2) is 19.5 Å². The minimum Gasteiger partial charge on any atom is -0.352 e. The van der Waals surface area contributed by atoms with E-state index < -0.39 is 0 Å². The Morgan fingerprint density at radius 1 is 1.33 bits per heavy atom. The van der Waals surface area contributed by atoms with Crippen molar-refractivity contribution in [1.29, 1.82) is 0 Å². The molecular formula is C10H16O2. The standard InChI is InChI=1S/C10H16O2/c1-7(2)9-6-12-10-8(9)4-3-5-11-10/h8,10H,3-6H2,1-2H3/t8?,10-/m0/s1. The van der Waals surface area contributed by atoms with E-state index in [1.54, 1.807) is 0 Å². The van der Waals surface area contributed by atoms with Crippen LogP contribution in [0.1, 0.15) is 26.7 Å². The second-order valence-electron chi connectivity index (χ2n) is 3.82. The number of rotatable bonds is 0. The van der Waals surface area contributed by atoms with Crippen LogP contribution in [0.5, 0.6) is 0 Å². The molecule has 0 radical (unpaired) electrons. The quantitative estimate of drug-likeness (QED) is 0.516. The molecule has 0 aromatic rings. The van der Waals surface area contributed by atoms with Crippen LogP contribution < -0.4 is 0 Å². The molecule has 2 nitrogen and oxygen atoms in total. The first-order valence-electron chi connectivity index (χ1n) is 4.68. The molecule has 0 bridgehead atoms. The third kappa shape index (κ3) is 1.29. The highest BCUT2D eigenvalue weighted by atomic mass is 16.7. The SMILES string of the molecule is CC(C)=C1CO[C@@H]2OCCCC12. The highest BCUT2D eigenvalue weighted by molar-refractivity contribution is 5.18. The van der Waals surface area contributed by atoms with Crippen LogP contribution in [0, 0.1) is 5.92 Å². The maximum Gasteiger partial charge on any atom is 0.164 e. The summed E-state index contributed by atoms with van der Waals surface area (Å²) >= 11 is 0. The van der Waals surface area contributed by atoms with Crippen molar-refractivity contribution in [1.82, 2.24) is 0 Å². The number of allylic oxidation sites excluding steroid dienone is 1. The van der Waals surface area contributed by atoms with E-state index in [4.69, 9.17) is 9.47 Å². The van der Waals surface area contributed by atoms with Crippen LogP contribution in [-0.2, 0) is 9.47 Å². The molecular weight excluding hydrogens is 152 g/mol. The molecule has 0 aromatic heterocycles. The van der Waals surface area contributed by atoms with Crippen molar-refractivity contribution in [2.75, 3.05) is 13.2 Å². The van der Waals surface area contributed by atoms with Crippen LogP contribution in [0.3, 0.4) is 0 Å². The van der Waals surface area contributed by atoms with Gasteiger partial charge >= 0.3 is 0 Å². The Bertz CT molecular complexity index is 204. The van der Waals surface area contributed by atoms with Crippen LogP contribution in [0.4, 0.5) is 0 Å². The summed E-state index contributed by atoms with van der Waals surface area (Å²) in [5.74, 6) is 0.559. The van der Waals surface area contributed by atoms with Crippen molar-refractivity contribution in [2.24, 2.45) is 5.92 Å². The number of fused-ring (bicyclic) bond motifs is 1. The van der Waals surface area contributed by atoms with Gasteiger partial charge in [-0.3, -0.25) is 0 Å². The molecule has 0 aromatic carbocycles. The summed E-state index contributed by atoms with van der Waals surface area (Å²) in [6, 6.07) is 0. The smallest absolute Gasteiger partial charge is 0.164 e. The van der Waals surface area contributed by atoms with Crippen LogP contribution in [0.15, 0.2) is 11.1 Å². The molecule has 0 amide bonds. The summed E-state index contributed by atoms with van der Waals surface area (Å²) in [6.07, 6.45) is 2.50. The van der Waals surface area contributed by atoms with Crippen LogP contribution in [0.25, 0.3) is 0 Å². The molecule has 2 atom stereocenters. The molecule has 2 aliphatic heterocycles. The molecule has 2 fully saturated rings. The Labute approximate surface area is 73.5 Å². The molecule has 0 saturated carbocycles. The zero-order chi connectivity index (χ0) is 8.55. The third-order valence-corrected chi connectivity index (χ3v) is 2.76. The summed E-state index contributed by atoms with van der Waals surface area (Å²) < 4.78 is 11.1. The summed E-state index contributed by atoms with van der Waals surface area (Å²) in [5.41, 5.74) is 2.88. The molecule has 2 saturated heterocycles. The Kier molecular flexibility index (Phi) is 2.20. The van der Waals surface area contributed by atoms with E-state index in [1.165, 1.54) is 24.0 Å². The van der Waals surface area contributed by atoms with Gasteiger partial charge in [0.1, 0.15) is 0 Å². The molecule has 0 aliphatic carbocycles. The minimum absolute atomic E-state index is 0.0728. The maximum absolute atomic E-state index is 5.55. The predicted octanol–water partition coefficient (Wildman–Crippen LogP) is 2.11. The van der Waals surface area contributed by atoms with Crippen LogP contribution >= 0.6 is 0 Å². The summed E-state index contributed by atoms with van der Waals surface area (Å²) in [4.78, 5) is 0. The van der Waals surface area contributed by atoms with E-state index in [0.717, 1.165) is 13.2 Å². The van der Waals surface area contributed by atoms with Gasteiger partial charge in [0.05, 0.1) is 6.61 Å². The summed E-state index contributed by atoms with van der Waals surface area (Å²) in [7, 11) is 0. The van der Waals surface area contributed by atoms with Crippen molar-refractivity contribution in [3.05, 3.63) is 11.1 Å². The van der Waals surface area contributed by atoms with Crippen molar-refractivity contribution < 1.29 is 9.47 Å². The average Bonchev–Trinajstić information content (AvgIpc) is 2.47. The van der Waals surface area contributed by atoms with Crippen LogP contribution in [0.2, 0.25) is 0 Å². The number of hydrogen-bond donors (Lipinski definition) is 0. The van der Waals surface area contributed by atoms with Gasteiger partial charge in [0, 0.05) is 12.5 Å². The minimum atomic E-state index is 0.0728. The zero-order valence-electron chi connectivity index (χ0n) is 7.80. The predicted molar refractivity (Wildman–Crippen MR) is 46.8 cm³/mol. The number of hydrogen-bond acceptors (Lipinski definition) is 2. The average molecular weight is 168 g/mol. The van der Waals surface area contributed by atoms with E-state index in [-0.39, 0.29) is 6.29 Å². The van der Waals surface area contributed by atoms with Gasteiger partial charge in [0.2, 0.25) is 0 Å². The topological polar surface area (TPSA) is 18.5 Å². The van der Waals surface area contributed by atoms with Gasteiger partial charge in [0.25, 0.3) is 0 Å². The maximum atomic E-state index is 5.55. The lowest BCUT2D eigenvalue weighted by Gasteiger charge is -2.24. The van der Waals surface area contributed by atoms with E-state index in [9.17, 15) is 0 Å². The van der Waals surface area contributed by atoms with Crippen molar-refractivity contribution in [3.8, 4) is 0 Å². The van der Waals surface area contributed by atoms with Crippen molar-refractivity contribution in [3.63, 3.8) is 0 Å². The first kappa shape index (κ1) is 8.27. The van der Waals surface area contributed by atoms with Gasteiger partial charge < -0.3 is 9.47 Å². The second-order valence-corrected chi connectivity index (χ2v) is 3.82. The molecule has 0 spiro atoms. The van der Waals surface area contributed by atoms with E-state index in [1.807, 2.05) is 0 Å². The lowest BCUT2D eigenvalue weighted by atomic mass is 9.92. The lowest BCUT2D eigenvalue weighted by molar-refractivity contribution is -0.150. The molecule has 12 heavy (non-hydrogen) atoms. The van der Waals surface area contributed by atoms with E-state index >= 15 is 0 Å². The first-order chi connectivity index (χ1) is 5.79. The van der Waals surface area contributed by atoms with E-state index in [0.29, 0.717) is 5.92 Å². The molecule has 2 rings (SSSR count). The third-order valence-electron chi connectivity index (χ3n) is 2.76. The largest absolute Gasteiger partial charge is 0.352 e. The fraction of sp³-hybridized carbons (Fsp3) is 0.800. The number of ether oxygens (including phenoxy) is 2. The fourth-order valence-electron chi connectivity index (χ4n) is 2.05. The van der Waals surface area contributed by atoms with Gasteiger partial charge in [-0.15, -0.1) is 0 Å². The monoisotopic (exact) mass is 168 g/mol. The highest BCUT2D eigenvalue weighted by Crippen LogP contribution is 2.35. The normalized spacial score (nSPS) is 35.0. The van der Waals surface area contributed by atoms with Crippen molar-refractivity contribution >= 4 is 0 Å². The Morgan fingerprint density at radius 3 is 2.92 bits per heavy atom. The second kappa shape index (κ2) is 3.19. The lowest BCUT2D eigenvalue weighted by Crippen LogP contribution is -2.26. The molecule has 2 heteroatoms. The first-order valence-corrected chi connectivity index (χ1v) is 4.68. The Morgan fingerprint density at radius 2 is 2.17 bits per heavy atom. The van der Waals surface area contributed by atoms with Crippen molar-refractivity contribution in [2.45, 2.75) is 33.0 Å². The van der Waals surface area contributed by atoms with Gasteiger partial charge in [-0.25, -0.2) is 0 Å². The summed E-state index contributed by atoms with van der Waals surface area (Å²) in [6.45, 7) is 5.99. The molecule has 1 unspecified atom stereocenters.